The number of ether oxygens (including phenoxy) is 1. The lowest BCUT2D eigenvalue weighted by Crippen LogP contribution is -2.29. The van der Waals surface area contributed by atoms with Crippen molar-refractivity contribution >= 4 is 0 Å². The van der Waals surface area contributed by atoms with Gasteiger partial charge in [0.1, 0.15) is 0 Å². The van der Waals surface area contributed by atoms with Gasteiger partial charge in [0.15, 0.2) is 0 Å². The summed E-state index contributed by atoms with van der Waals surface area (Å²) in [6.45, 7) is 3.73. The second-order valence-electron chi connectivity index (χ2n) is 2.79. The van der Waals surface area contributed by atoms with Gasteiger partial charge in [0.2, 0.25) is 0 Å². The monoisotopic (exact) mass is 145 g/mol. The summed E-state index contributed by atoms with van der Waals surface area (Å²) in [6, 6.07) is 0. The number of hydrogen-bond donors (Lipinski definition) is 1. The molecule has 0 radical (unpaired) electrons. The minimum Gasteiger partial charge on any atom is -0.381 e. The van der Waals surface area contributed by atoms with Gasteiger partial charge >= 0.3 is 0 Å². The molecule has 0 spiro atoms. The van der Waals surface area contributed by atoms with E-state index in [0.717, 1.165) is 26.1 Å². The van der Waals surface area contributed by atoms with E-state index in [0.29, 0.717) is 5.92 Å². The maximum Gasteiger partial charge on any atom is 0.0789 e. The Labute approximate surface area is 61.4 Å². The van der Waals surface area contributed by atoms with Crippen molar-refractivity contribution in [1.82, 2.24) is 0 Å². The van der Waals surface area contributed by atoms with Crippen LogP contribution in [0.4, 0.5) is 0 Å². The standard InChI is InChI=1S/C7H15NO2/c1-6(10-8)7-2-4-9-5-3-7/h6-7H,2-5,8H2,1H3. The van der Waals surface area contributed by atoms with Crippen LogP contribution in [0.1, 0.15) is 19.8 Å². The van der Waals surface area contributed by atoms with Crippen molar-refractivity contribution in [2.24, 2.45) is 11.8 Å². The molecule has 0 saturated carbocycles. The zero-order chi connectivity index (χ0) is 7.40. The Kier molecular flexibility index (Phi) is 3.12. The Morgan fingerprint density at radius 1 is 1.50 bits per heavy atom. The third-order valence-electron chi connectivity index (χ3n) is 2.14. The molecular formula is C7H15NO2. The Hall–Kier alpha value is -0.120. The predicted octanol–water partition coefficient (Wildman–Crippen LogP) is 0.692. The van der Waals surface area contributed by atoms with Gasteiger partial charge in [-0.1, -0.05) is 0 Å². The summed E-state index contributed by atoms with van der Waals surface area (Å²) < 4.78 is 5.20. The first-order chi connectivity index (χ1) is 4.84. The molecule has 1 unspecified atom stereocenters. The van der Waals surface area contributed by atoms with E-state index in [1.54, 1.807) is 0 Å². The molecule has 1 rings (SSSR count). The normalized spacial score (nSPS) is 24.6. The van der Waals surface area contributed by atoms with Gasteiger partial charge in [0.05, 0.1) is 6.10 Å². The van der Waals surface area contributed by atoms with E-state index in [2.05, 4.69) is 0 Å². The first-order valence-corrected chi connectivity index (χ1v) is 3.78. The topological polar surface area (TPSA) is 44.5 Å². The number of nitrogens with two attached hydrogens (primary N) is 1. The maximum absolute atomic E-state index is 5.20. The minimum atomic E-state index is 0.184. The molecule has 1 saturated heterocycles. The van der Waals surface area contributed by atoms with Gasteiger partial charge in [-0.3, -0.25) is 0 Å². The van der Waals surface area contributed by atoms with Crippen LogP contribution in [0.15, 0.2) is 0 Å². The SMILES string of the molecule is CC(ON)C1CCOCC1. The molecule has 1 aliphatic rings. The van der Waals surface area contributed by atoms with Crippen LogP contribution in [0.25, 0.3) is 0 Å². The van der Waals surface area contributed by atoms with Crippen molar-refractivity contribution in [3.05, 3.63) is 0 Å². The van der Waals surface area contributed by atoms with Crippen LogP contribution in [-0.4, -0.2) is 19.3 Å². The molecule has 3 nitrogen and oxygen atoms in total. The highest BCUT2D eigenvalue weighted by molar-refractivity contribution is 4.68. The van der Waals surface area contributed by atoms with Crippen molar-refractivity contribution in [3.8, 4) is 0 Å². The zero-order valence-electron chi connectivity index (χ0n) is 6.38. The summed E-state index contributed by atoms with van der Waals surface area (Å²) in [5.74, 6) is 5.66. The molecule has 1 aliphatic heterocycles. The van der Waals surface area contributed by atoms with Crippen molar-refractivity contribution < 1.29 is 9.57 Å². The van der Waals surface area contributed by atoms with Gasteiger partial charge in [-0.15, -0.1) is 0 Å². The highest BCUT2D eigenvalue weighted by Crippen LogP contribution is 2.19. The molecule has 1 heterocycles. The summed E-state index contributed by atoms with van der Waals surface area (Å²) in [7, 11) is 0. The lowest BCUT2D eigenvalue weighted by atomic mass is 9.95. The third kappa shape index (κ3) is 1.94. The molecule has 0 aliphatic carbocycles. The fourth-order valence-corrected chi connectivity index (χ4v) is 1.30. The lowest BCUT2D eigenvalue weighted by molar-refractivity contribution is -0.0259. The predicted molar refractivity (Wildman–Crippen MR) is 38.3 cm³/mol. The number of hydrogen-bond acceptors (Lipinski definition) is 3. The summed E-state index contributed by atoms with van der Waals surface area (Å²) in [4.78, 5) is 4.73. The van der Waals surface area contributed by atoms with Crippen molar-refractivity contribution in [2.75, 3.05) is 13.2 Å². The quantitative estimate of drug-likeness (QED) is 0.581. The molecule has 0 aromatic carbocycles. The molecule has 60 valence electrons. The zero-order valence-corrected chi connectivity index (χ0v) is 6.38. The first-order valence-electron chi connectivity index (χ1n) is 3.78. The number of rotatable bonds is 2. The van der Waals surface area contributed by atoms with Gasteiger partial charge in [-0.25, -0.2) is 5.90 Å². The Morgan fingerprint density at radius 2 is 2.10 bits per heavy atom. The maximum atomic E-state index is 5.20. The van der Waals surface area contributed by atoms with Crippen molar-refractivity contribution in [2.45, 2.75) is 25.9 Å². The van der Waals surface area contributed by atoms with Crippen molar-refractivity contribution in [3.63, 3.8) is 0 Å². The van der Waals surface area contributed by atoms with E-state index in [1.165, 1.54) is 0 Å². The largest absolute Gasteiger partial charge is 0.381 e. The molecule has 0 bridgehead atoms. The molecule has 1 atom stereocenters. The molecule has 3 heteroatoms. The molecule has 0 aromatic rings. The third-order valence-corrected chi connectivity index (χ3v) is 2.14. The average molecular weight is 145 g/mol. The average Bonchev–Trinajstić information content (AvgIpc) is 2.05. The van der Waals surface area contributed by atoms with Crippen LogP contribution in [0.2, 0.25) is 0 Å². The second-order valence-corrected chi connectivity index (χ2v) is 2.79. The van der Waals surface area contributed by atoms with Gasteiger partial charge in [-0.2, -0.15) is 0 Å². The summed E-state index contributed by atoms with van der Waals surface area (Å²) in [5.41, 5.74) is 0. The fraction of sp³-hybridized carbons (Fsp3) is 1.00. The molecular weight excluding hydrogens is 130 g/mol. The smallest absolute Gasteiger partial charge is 0.0789 e. The highest BCUT2D eigenvalue weighted by atomic mass is 16.6. The fourth-order valence-electron chi connectivity index (χ4n) is 1.30. The van der Waals surface area contributed by atoms with Gasteiger partial charge in [0, 0.05) is 13.2 Å². The van der Waals surface area contributed by atoms with Gasteiger partial charge in [0.25, 0.3) is 0 Å². The molecule has 2 N–H and O–H groups in total. The Bertz CT molecular complexity index is 91.6. The van der Waals surface area contributed by atoms with E-state index in [9.17, 15) is 0 Å². The molecule has 0 amide bonds. The van der Waals surface area contributed by atoms with Crippen molar-refractivity contribution in [1.29, 1.82) is 0 Å². The second kappa shape index (κ2) is 3.91. The molecule has 0 aromatic heterocycles. The van der Waals surface area contributed by atoms with Crippen LogP contribution in [0.3, 0.4) is 0 Å². The van der Waals surface area contributed by atoms with Crippen LogP contribution in [0, 0.1) is 5.92 Å². The highest BCUT2D eigenvalue weighted by Gasteiger charge is 2.19. The van der Waals surface area contributed by atoms with E-state index >= 15 is 0 Å². The van der Waals surface area contributed by atoms with E-state index in [-0.39, 0.29) is 6.10 Å². The van der Waals surface area contributed by atoms with Crippen LogP contribution < -0.4 is 5.90 Å². The molecule has 1 fully saturated rings. The summed E-state index contributed by atoms with van der Waals surface area (Å²) in [5, 5.41) is 0. The lowest BCUT2D eigenvalue weighted by Gasteiger charge is -2.25. The Balaban J connectivity index is 2.24. The Morgan fingerprint density at radius 3 is 2.60 bits per heavy atom. The van der Waals surface area contributed by atoms with E-state index in [4.69, 9.17) is 15.5 Å². The van der Waals surface area contributed by atoms with Gasteiger partial charge < -0.3 is 9.57 Å². The van der Waals surface area contributed by atoms with E-state index < -0.39 is 0 Å². The van der Waals surface area contributed by atoms with Gasteiger partial charge in [-0.05, 0) is 25.7 Å². The van der Waals surface area contributed by atoms with Crippen LogP contribution >= 0.6 is 0 Å². The van der Waals surface area contributed by atoms with Crippen LogP contribution in [0.5, 0.6) is 0 Å². The van der Waals surface area contributed by atoms with E-state index in [1.807, 2.05) is 6.92 Å². The minimum absolute atomic E-state index is 0.184. The summed E-state index contributed by atoms with van der Waals surface area (Å²) >= 11 is 0. The summed E-state index contributed by atoms with van der Waals surface area (Å²) in [6.07, 6.45) is 2.35. The first kappa shape index (κ1) is 7.98. The van der Waals surface area contributed by atoms with Crippen LogP contribution in [-0.2, 0) is 9.57 Å². The molecule has 10 heavy (non-hydrogen) atoms.